The minimum absolute atomic E-state index is 0.147. The van der Waals surface area contributed by atoms with Crippen molar-refractivity contribution in [1.29, 1.82) is 0 Å². The van der Waals surface area contributed by atoms with Crippen molar-refractivity contribution in [1.82, 2.24) is 14.5 Å². The third-order valence-electron chi connectivity index (χ3n) is 4.82. The fourth-order valence-electron chi connectivity index (χ4n) is 3.31. The number of piperazine rings is 1. The van der Waals surface area contributed by atoms with Crippen LogP contribution in [0.1, 0.15) is 19.7 Å². The van der Waals surface area contributed by atoms with Gasteiger partial charge in [-0.2, -0.15) is 0 Å². The molecule has 8 nitrogen and oxygen atoms in total. The maximum atomic E-state index is 11.6. The maximum absolute atomic E-state index is 11.6. The molecule has 3 rings (SSSR count). The van der Waals surface area contributed by atoms with Crippen LogP contribution in [0.3, 0.4) is 0 Å². The van der Waals surface area contributed by atoms with E-state index >= 15 is 0 Å². The number of fused-ring (bicyclic) bond motifs is 1. The fourth-order valence-corrected chi connectivity index (χ4v) is 3.31. The molecule has 2 heterocycles. The van der Waals surface area contributed by atoms with Gasteiger partial charge in [-0.15, -0.1) is 0 Å². The predicted octanol–water partition coefficient (Wildman–Crippen LogP) is 0.389. The highest BCUT2D eigenvalue weighted by atomic mass is 16.5. The zero-order valence-corrected chi connectivity index (χ0v) is 15.5. The molecule has 0 radical (unpaired) electrons. The molecular formula is C18H26N5O3+. The molecule has 2 aromatic rings. The van der Waals surface area contributed by atoms with Crippen molar-refractivity contribution in [3.63, 3.8) is 0 Å². The number of benzene rings is 1. The largest absolute Gasteiger partial charge is 0.450 e. The highest BCUT2D eigenvalue weighted by Crippen LogP contribution is 2.19. The van der Waals surface area contributed by atoms with E-state index in [4.69, 9.17) is 9.72 Å². The number of hydrogen-bond acceptors (Lipinski definition) is 4. The van der Waals surface area contributed by atoms with Gasteiger partial charge in [-0.3, -0.25) is 10.1 Å². The minimum atomic E-state index is -0.462. The molecular weight excluding hydrogens is 334 g/mol. The van der Waals surface area contributed by atoms with E-state index in [1.807, 2.05) is 30.1 Å². The first-order valence-electron chi connectivity index (χ1n) is 8.96. The van der Waals surface area contributed by atoms with E-state index in [0.29, 0.717) is 12.3 Å². The van der Waals surface area contributed by atoms with Gasteiger partial charge in [0.2, 0.25) is 5.91 Å². The second-order valence-corrected chi connectivity index (χ2v) is 6.57. The number of hydrogen-bond donors (Lipinski definition) is 2. The van der Waals surface area contributed by atoms with Gasteiger partial charge in [-0.1, -0.05) is 0 Å². The lowest BCUT2D eigenvalue weighted by atomic mass is 10.3. The molecule has 1 saturated heterocycles. The molecule has 2 amide bonds. The fraction of sp³-hybridized carbons (Fsp3) is 0.500. The summed E-state index contributed by atoms with van der Waals surface area (Å²) in [4.78, 5) is 31.1. The summed E-state index contributed by atoms with van der Waals surface area (Å²) in [5, 5.41) is 2.71. The SMILES string of the molecule is CCOC(=O)Nc1ccc2c(c1)nc(C[NH+]1CCN(C(C)=O)CC1)n2C. The van der Waals surface area contributed by atoms with Crippen molar-refractivity contribution in [2.45, 2.75) is 20.4 Å². The Hall–Kier alpha value is -2.61. The van der Waals surface area contributed by atoms with Crippen LogP contribution in [0.5, 0.6) is 0 Å². The Balaban J connectivity index is 1.70. The molecule has 26 heavy (non-hydrogen) atoms. The Labute approximate surface area is 152 Å². The Morgan fingerprint density at radius 2 is 2.04 bits per heavy atom. The van der Waals surface area contributed by atoms with Crippen LogP contribution in [-0.2, 0) is 23.1 Å². The molecule has 140 valence electrons. The lowest BCUT2D eigenvalue weighted by molar-refractivity contribution is -0.918. The molecule has 0 spiro atoms. The Morgan fingerprint density at radius 3 is 2.69 bits per heavy atom. The summed E-state index contributed by atoms with van der Waals surface area (Å²) in [5.74, 6) is 1.15. The van der Waals surface area contributed by atoms with Crippen LogP contribution in [0.4, 0.5) is 10.5 Å². The smallest absolute Gasteiger partial charge is 0.411 e. The minimum Gasteiger partial charge on any atom is -0.450 e. The highest BCUT2D eigenvalue weighted by Gasteiger charge is 2.23. The molecule has 1 aromatic heterocycles. The standard InChI is InChI=1S/C18H25N5O3/c1-4-26-18(25)19-14-5-6-16-15(11-14)20-17(21(16)3)12-22-7-9-23(10-8-22)13(2)24/h5-6,11H,4,7-10,12H2,1-3H3,(H,19,25)/p+1. The monoisotopic (exact) mass is 360 g/mol. The van der Waals surface area contributed by atoms with Gasteiger partial charge in [0, 0.05) is 19.7 Å². The average Bonchev–Trinajstić information content (AvgIpc) is 2.91. The van der Waals surface area contributed by atoms with Crippen LogP contribution < -0.4 is 10.2 Å². The summed E-state index contributed by atoms with van der Waals surface area (Å²) in [6.07, 6.45) is -0.462. The maximum Gasteiger partial charge on any atom is 0.411 e. The molecule has 2 N–H and O–H groups in total. The van der Waals surface area contributed by atoms with E-state index in [0.717, 1.165) is 49.6 Å². The highest BCUT2D eigenvalue weighted by molar-refractivity contribution is 5.88. The number of carbonyl (C=O) groups is 2. The van der Waals surface area contributed by atoms with Crippen molar-refractivity contribution < 1.29 is 19.2 Å². The second kappa shape index (κ2) is 7.74. The summed E-state index contributed by atoms with van der Waals surface area (Å²) in [7, 11) is 2.01. The molecule has 1 aliphatic rings. The number of rotatable bonds is 4. The topological polar surface area (TPSA) is 80.9 Å². The third kappa shape index (κ3) is 3.96. The number of aryl methyl sites for hydroxylation is 1. The van der Waals surface area contributed by atoms with E-state index in [1.165, 1.54) is 4.90 Å². The molecule has 8 heteroatoms. The Kier molecular flexibility index (Phi) is 5.41. The predicted molar refractivity (Wildman–Crippen MR) is 98.0 cm³/mol. The van der Waals surface area contributed by atoms with Gasteiger partial charge in [0.1, 0.15) is 6.54 Å². The van der Waals surface area contributed by atoms with E-state index in [9.17, 15) is 9.59 Å². The summed E-state index contributed by atoms with van der Waals surface area (Å²) in [6, 6.07) is 5.67. The zero-order chi connectivity index (χ0) is 18.7. The molecule has 0 atom stereocenters. The van der Waals surface area contributed by atoms with E-state index in [-0.39, 0.29) is 5.91 Å². The van der Waals surface area contributed by atoms with Gasteiger partial charge in [0.05, 0.1) is 43.8 Å². The second-order valence-electron chi connectivity index (χ2n) is 6.57. The molecule has 0 saturated carbocycles. The van der Waals surface area contributed by atoms with Crippen molar-refractivity contribution in [2.75, 3.05) is 38.1 Å². The number of anilines is 1. The normalized spacial score (nSPS) is 15.3. The Morgan fingerprint density at radius 1 is 1.31 bits per heavy atom. The molecule has 0 unspecified atom stereocenters. The van der Waals surface area contributed by atoms with Crippen LogP contribution in [0, 0.1) is 0 Å². The molecule has 1 aliphatic heterocycles. The van der Waals surface area contributed by atoms with Crippen molar-refractivity contribution in [3.05, 3.63) is 24.0 Å². The van der Waals surface area contributed by atoms with Crippen molar-refractivity contribution in [3.8, 4) is 0 Å². The first kappa shape index (κ1) is 18.2. The number of carbonyl (C=O) groups excluding carboxylic acids is 2. The van der Waals surface area contributed by atoms with Crippen molar-refractivity contribution in [2.24, 2.45) is 7.05 Å². The van der Waals surface area contributed by atoms with Crippen LogP contribution in [0.2, 0.25) is 0 Å². The van der Waals surface area contributed by atoms with Crippen molar-refractivity contribution >= 4 is 28.7 Å². The number of nitrogens with zero attached hydrogens (tertiary/aromatic N) is 3. The summed E-state index contributed by atoms with van der Waals surface area (Å²) in [5.41, 5.74) is 2.54. The van der Waals surface area contributed by atoms with Crippen LogP contribution in [-0.4, -0.2) is 59.2 Å². The van der Waals surface area contributed by atoms with Crippen LogP contribution >= 0.6 is 0 Å². The average molecular weight is 360 g/mol. The lowest BCUT2D eigenvalue weighted by Gasteiger charge is -2.31. The molecule has 1 aromatic carbocycles. The van der Waals surface area contributed by atoms with E-state index < -0.39 is 6.09 Å². The number of amides is 2. The van der Waals surface area contributed by atoms with E-state index in [1.54, 1.807) is 13.8 Å². The third-order valence-corrected chi connectivity index (χ3v) is 4.82. The first-order valence-corrected chi connectivity index (χ1v) is 8.96. The van der Waals surface area contributed by atoms with Gasteiger partial charge in [0.15, 0.2) is 5.82 Å². The van der Waals surface area contributed by atoms with Gasteiger partial charge < -0.3 is 19.1 Å². The summed E-state index contributed by atoms with van der Waals surface area (Å²) in [6.45, 7) is 7.99. The van der Waals surface area contributed by atoms with Gasteiger partial charge in [0.25, 0.3) is 0 Å². The summed E-state index contributed by atoms with van der Waals surface area (Å²) < 4.78 is 7.00. The first-order chi connectivity index (χ1) is 12.5. The summed E-state index contributed by atoms with van der Waals surface area (Å²) >= 11 is 0. The zero-order valence-electron chi connectivity index (χ0n) is 15.5. The number of imidazole rings is 1. The van der Waals surface area contributed by atoms with Gasteiger partial charge in [-0.05, 0) is 25.1 Å². The van der Waals surface area contributed by atoms with Crippen LogP contribution in [0.25, 0.3) is 11.0 Å². The van der Waals surface area contributed by atoms with Crippen LogP contribution in [0.15, 0.2) is 18.2 Å². The number of nitrogens with one attached hydrogen (secondary N) is 2. The van der Waals surface area contributed by atoms with E-state index in [2.05, 4.69) is 9.88 Å². The number of ether oxygens (including phenoxy) is 1. The quantitative estimate of drug-likeness (QED) is 0.827. The molecule has 0 aliphatic carbocycles. The number of aromatic nitrogens is 2. The van der Waals surface area contributed by atoms with Gasteiger partial charge >= 0.3 is 6.09 Å². The Bertz CT molecular complexity index is 809. The lowest BCUT2D eigenvalue weighted by Crippen LogP contribution is -3.13. The molecule has 0 bridgehead atoms. The van der Waals surface area contributed by atoms with Gasteiger partial charge in [-0.25, -0.2) is 9.78 Å². The number of quaternary nitrogens is 1. The molecule has 1 fully saturated rings.